The van der Waals surface area contributed by atoms with Gasteiger partial charge in [-0.15, -0.1) is 24.8 Å². The van der Waals surface area contributed by atoms with Gasteiger partial charge in [0, 0.05) is 12.1 Å². The summed E-state index contributed by atoms with van der Waals surface area (Å²) in [4.78, 5) is 7.99. The molecule has 0 amide bonds. The van der Waals surface area contributed by atoms with Crippen molar-refractivity contribution in [1.82, 2.24) is 9.97 Å². The maximum absolute atomic E-state index is 5.68. The highest BCUT2D eigenvalue weighted by Gasteiger charge is 2.03. The van der Waals surface area contributed by atoms with E-state index in [4.69, 9.17) is 5.73 Å². The summed E-state index contributed by atoms with van der Waals surface area (Å²) >= 11 is 0. The number of nitrogens with zero attached hydrogens (tertiary/aromatic N) is 1. The fourth-order valence-electron chi connectivity index (χ4n) is 2.24. The minimum absolute atomic E-state index is 0. The maximum Gasteiger partial charge on any atom is 0.107 e. The van der Waals surface area contributed by atoms with Gasteiger partial charge in [0.25, 0.3) is 0 Å². The summed E-state index contributed by atoms with van der Waals surface area (Å²) in [5, 5.41) is 0. The molecule has 0 unspecified atom stereocenters. The van der Waals surface area contributed by atoms with E-state index in [1.54, 1.807) is 0 Å². The van der Waals surface area contributed by atoms with Gasteiger partial charge in [-0.25, -0.2) is 4.98 Å². The summed E-state index contributed by atoms with van der Waals surface area (Å²) in [5.74, 6) is 1.04. The second-order valence-electron chi connectivity index (χ2n) is 4.95. The Hall–Kier alpha value is -1.71. The van der Waals surface area contributed by atoms with Gasteiger partial charge in [0.05, 0.1) is 11.0 Å². The predicted molar refractivity (Wildman–Crippen MR) is 93.6 cm³/mol. The van der Waals surface area contributed by atoms with Crippen LogP contribution < -0.4 is 5.73 Å². The normalized spacial score (nSPS) is 9.95. The van der Waals surface area contributed by atoms with E-state index < -0.39 is 0 Å². The van der Waals surface area contributed by atoms with E-state index in [2.05, 4.69) is 47.2 Å². The van der Waals surface area contributed by atoms with Crippen molar-refractivity contribution in [2.24, 2.45) is 0 Å². The lowest BCUT2D eigenvalue weighted by molar-refractivity contribution is 0.890. The first-order chi connectivity index (χ1) is 9.20. The molecule has 0 bridgehead atoms. The van der Waals surface area contributed by atoms with Crippen LogP contribution in [0.25, 0.3) is 11.0 Å². The molecule has 0 spiro atoms. The number of fused-ring (bicyclic) bond motifs is 1. The van der Waals surface area contributed by atoms with Crippen molar-refractivity contribution >= 4 is 41.5 Å². The smallest absolute Gasteiger partial charge is 0.107 e. The van der Waals surface area contributed by atoms with Crippen molar-refractivity contribution in [3.8, 4) is 0 Å². The molecule has 0 saturated carbocycles. The fourth-order valence-corrected chi connectivity index (χ4v) is 2.24. The quantitative estimate of drug-likeness (QED) is 0.713. The molecule has 112 valence electrons. The molecule has 1 aromatic heterocycles. The van der Waals surface area contributed by atoms with E-state index in [1.807, 2.05) is 12.1 Å². The minimum Gasteiger partial charge on any atom is -0.399 e. The highest BCUT2D eigenvalue weighted by molar-refractivity contribution is 5.85. The number of nitrogens with one attached hydrogen (secondary N) is 1. The number of aromatic amines is 1. The molecule has 0 fully saturated rings. The molecule has 3 aromatic rings. The summed E-state index contributed by atoms with van der Waals surface area (Å²) in [6.07, 6.45) is 1.89. The van der Waals surface area contributed by atoms with Crippen LogP contribution in [-0.2, 0) is 12.8 Å². The lowest BCUT2D eigenvalue weighted by Gasteiger charge is -1.99. The van der Waals surface area contributed by atoms with Crippen molar-refractivity contribution in [2.45, 2.75) is 19.8 Å². The summed E-state index contributed by atoms with van der Waals surface area (Å²) in [7, 11) is 0. The fraction of sp³-hybridized carbons (Fsp3) is 0.188. The minimum atomic E-state index is 0. The number of H-pyrrole nitrogens is 1. The third kappa shape index (κ3) is 4.13. The average Bonchev–Trinajstić information content (AvgIpc) is 2.80. The number of benzene rings is 2. The topological polar surface area (TPSA) is 54.7 Å². The number of hydrogen-bond acceptors (Lipinski definition) is 2. The van der Waals surface area contributed by atoms with Crippen LogP contribution in [0.3, 0.4) is 0 Å². The van der Waals surface area contributed by atoms with Crippen LogP contribution in [0.5, 0.6) is 0 Å². The molecular formula is C16H19Cl2N3. The number of rotatable bonds is 3. The Labute approximate surface area is 136 Å². The van der Waals surface area contributed by atoms with Gasteiger partial charge in [0.2, 0.25) is 0 Å². The van der Waals surface area contributed by atoms with E-state index in [0.29, 0.717) is 0 Å². The van der Waals surface area contributed by atoms with Crippen molar-refractivity contribution in [3.05, 3.63) is 59.4 Å². The third-order valence-corrected chi connectivity index (χ3v) is 3.32. The lowest BCUT2D eigenvalue weighted by atomic mass is 10.1. The first-order valence-corrected chi connectivity index (χ1v) is 6.50. The molecule has 0 aliphatic heterocycles. The first kappa shape index (κ1) is 17.3. The Morgan fingerprint density at radius 2 is 1.71 bits per heavy atom. The number of imidazole rings is 1. The molecular weight excluding hydrogens is 305 g/mol. The SMILES string of the molecule is Cc1ccc2nc(CCc3ccc(N)cc3)[nH]c2c1.Cl.Cl. The molecule has 0 saturated heterocycles. The van der Waals surface area contributed by atoms with E-state index in [1.165, 1.54) is 11.1 Å². The number of aromatic nitrogens is 2. The molecule has 0 radical (unpaired) electrons. The molecule has 0 atom stereocenters. The van der Waals surface area contributed by atoms with Crippen molar-refractivity contribution in [3.63, 3.8) is 0 Å². The van der Waals surface area contributed by atoms with Gasteiger partial charge in [0.1, 0.15) is 5.82 Å². The van der Waals surface area contributed by atoms with Crippen LogP contribution >= 0.6 is 24.8 Å². The lowest BCUT2D eigenvalue weighted by Crippen LogP contribution is -1.94. The highest BCUT2D eigenvalue weighted by atomic mass is 35.5. The zero-order chi connectivity index (χ0) is 13.2. The van der Waals surface area contributed by atoms with Crippen LogP contribution in [0, 0.1) is 6.92 Å². The Balaban J connectivity index is 0.00000110. The molecule has 3 rings (SSSR count). The van der Waals surface area contributed by atoms with Gasteiger partial charge >= 0.3 is 0 Å². The Morgan fingerprint density at radius 1 is 1.00 bits per heavy atom. The number of anilines is 1. The number of hydrogen-bond donors (Lipinski definition) is 2. The molecule has 1 heterocycles. The number of halogens is 2. The van der Waals surface area contributed by atoms with Gasteiger partial charge in [0.15, 0.2) is 0 Å². The van der Waals surface area contributed by atoms with Crippen LogP contribution in [0.1, 0.15) is 17.0 Å². The molecule has 2 aromatic carbocycles. The summed E-state index contributed by atoms with van der Waals surface area (Å²) < 4.78 is 0. The largest absolute Gasteiger partial charge is 0.399 e. The third-order valence-electron chi connectivity index (χ3n) is 3.32. The van der Waals surface area contributed by atoms with E-state index in [-0.39, 0.29) is 24.8 Å². The van der Waals surface area contributed by atoms with Crippen LogP contribution in [0.4, 0.5) is 5.69 Å². The standard InChI is InChI=1S/C16H17N3.2ClH/c1-11-2-8-14-15(10-11)19-16(18-14)9-5-12-3-6-13(17)7-4-12;;/h2-4,6-8,10H,5,9,17H2,1H3,(H,18,19);2*1H. The van der Waals surface area contributed by atoms with E-state index >= 15 is 0 Å². The zero-order valence-electron chi connectivity index (χ0n) is 11.8. The molecule has 0 aliphatic rings. The van der Waals surface area contributed by atoms with Crippen molar-refractivity contribution in [2.75, 3.05) is 5.73 Å². The van der Waals surface area contributed by atoms with E-state index in [9.17, 15) is 0 Å². The molecule has 5 heteroatoms. The van der Waals surface area contributed by atoms with Gasteiger partial charge in [-0.1, -0.05) is 18.2 Å². The van der Waals surface area contributed by atoms with Gasteiger partial charge in [-0.3, -0.25) is 0 Å². The zero-order valence-corrected chi connectivity index (χ0v) is 13.4. The van der Waals surface area contributed by atoms with Gasteiger partial charge in [-0.2, -0.15) is 0 Å². The van der Waals surface area contributed by atoms with E-state index in [0.717, 1.165) is 35.4 Å². The Morgan fingerprint density at radius 3 is 2.43 bits per heavy atom. The van der Waals surface area contributed by atoms with Crippen LogP contribution in [0.15, 0.2) is 42.5 Å². The monoisotopic (exact) mass is 323 g/mol. The summed E-state index contributed by atoms with van der Waals surface area (Å²) in [5.41, 5.74) is 11.2. The second-order valence-corrected chi connectivity index (χ2v) is 4.95. The number of nitrogen functional groups attached to an aromatic ring is 1. The second kappa shape index (κ2) is 7.34. The summed E-state index contributed by atoms with van der Waals surface area (Å²) in [6.45, 7) is 2.09. The van der Waals surface area contributed by atoms with Crippen molar-refractivity contribution < 1.29 is 0 Å². The molecule has 3 N–H and O–H groups in total. The number of aryl methyl sites for hydroxylation is 3. The van der Waals surface area contributed by atoms with Crippen molar-refractivity contribution in [1.29, 1.82) is 0 Å². The molecule has 3 nitrogen and oxygen atoms in total. The Bertz CT molecular complexity index is 705. The first-order valence-electron chi connectivity index (χ1n) is 6.50. The van der Waals surface area contributed by atoms with Gasteiger partial charge in [-0.05, 0) is 48.7 Å². The summed E-state index contributed by atoms with van der Waals surface area (Å²) in [6, 6.07) is 14.3. The van der Waals surface area contributed by atoms with Crippen LogP contribution in [0.2, 0.25) is 0 Å². The molecule has 0 aliphatic carbocycles. The average molecular weight is 324 g/mol. The van der Waals surface area contributed by atoms with Crippen LogP contribution in [-0.4, -0.2) is 9.97 Å². The molecule has 21 heavy (non-hydrogen) atoms. The maximum atomic E-state index is 5.68. The Kier molecular flexibility index (Phi) is 6.06. The highest BCUT2D eigenvalue weighted by Crippen LogP contribution is 2.15. The number of nitrogens with two attached hydrogens (primary N) is 1. The predicted octanol–water partition coefficient (Wildman–Crippen LogP) is 4.08. The van der Waals surface area contributed by atoms with Gasteiger partial charge < -0.3 is 10.7 Å².